The van der Waals surface area contributed by atoms with Crippen molar-refractivity contribution >= 4 is 17.0 Å². The fraction of sp³-hybridized carbons (Fsp3) is 0.304. The first-order valence-electron chi connectivity index (χ1n) is 9.77. The highest BCUT2D eigenvalue weighted by atomic mass is 16.6. The standard InChI is InChI=1S/C23H24N2O4/c1-17-21(16-29-23(26)25-11-13-27-14-12-25)24-20-10-6-5-9-19(20)22(17)28-15-18-7-3-2-4-8-18/h2-10H,11-16H2,1H3. The van der Waals surface area contributed by atoms with Crippen molar-refractivity contribution in [1.82, 2.24) is 9.88 Å². The van der Waals surface area contributed by atoms with Crippen molar-refractivity contribution in [3.05, 3.63) is 71.4 Å². The predicted molar refractivity (Wildman–Crippen MR) is 110 cm³/mol. The van der Waals surface area contributed by atoms with Crippen LogP contribution in [0.1, 0.15) is 16.8 Å². The molecule has 1 fully saturated rings. The molecule has 29 heavy (non-hydrogen) atoms. The van der Waals surface area contributed by atoms with Crippen molar-refractivity contribution in [2.45, 2.75) is 20.1 Å². The number of carbonyl (C=O) groups excluding carboxylic acids is 1. The lowest BCUT2D eigenvalue weighted by molar-refractivity contribution is 0.0246. The van der Waals surface area contributed by atoms with Crippen molar-refractivity contribution in [3.63, 3.8) is 0 Å². The minimum atomic E-state index is -0.339. The summed E-state index contributed by atoms with van der Waals surface area (Å²) in [5.74, 6) is 0.775. The summed E-state index contributed by atoms with van der Waals surface area (Å²) in [5.41, 5.74) is 3.49. The number of hydrogen-bond acceptors (Lipinski definition) is 5. The first-order valence-corrected chi connectivity index (χ1v) is 9.77. The monoisotopic (exact) mass is 392 g/mol. The molecule has 6 heteroatoms. The van der Waals surface area contributed by atoms with Gasteiger partial charge in [0.2, 0.25) is 0 Å². The Balaban J connectivity index is 1.55. The molecule has 0 saturated carbocycles. The first-order chi connectivity index (χ1) is 14.2. The number of rotatable bonds is 5. The Morgan fingerprint density at radius 1 is 1.03 bits per heavy atom. The van der Waals surface area contributed by atoms with Gasteiger partial charge in [-0.3, -0.25) is 0 Å². The predicted octanol–water partition coefficient (Wildman–Crippen LogP) is 4.09. The Labute approximate surface area is 170 Å². The van der Waals surface area contributed by atoms with Gasteiger partial charge in [-0.2, -0.15) is 0 Å². The van der Waals surface area contributed by atoms with Crippen molar-refractivity contribution in [1.29, 1.82) is 0 Å². The quantitative estimate of drug-likeness (QED) is 0.654. The summed E-state index contributed by atoms with van der Waals surface area (Å²) in [4.78, 5) is 18.7. The highest BCUT2D eigenvalue weighted by Crippen LogP contribution is 2.31. The molecule has 1 saturated heterocycles. The first kappa shape index (κ1) is 19.2. The minimum Gasteiger partial charge on any atom is -0.488 e. The van der Waals surface area contributed by atoms with Crippen molar-refractivity contribution in [3.8, 4) is 5.75 Å². The zero-order valence-corrected chi connectivity index (χ0v) is 16.5. The van der Waals surface area contributed by atoms with Crippen LogP contribution in [0.3, 0.4) is 0 Å². The second-order valence-corrected chi connectivity index (χ2v) is 6.96. The Bertz CT molecular complexity index is 985. The highest BCUT2D eigenvalue weighted by molar-refractivity contribution is 5.86. The zero-order valence-electron chi connectivity index (χ0n) is 16.5. The van der Waals surface area contributed by atoms with Gasteiger partial charge in [-0.1, -0.05) is 42.5 Å². The average Bonchev–Trinajstić information content (AvgIpc) is 2.78. The van der Waals surface area contributed by atoms with Crippen LogP contribution in [0.5, 0.6) is 5.75 Å². The third kappa shape index (κ3) is 4.49. The van der Waals surface area contributed by atoms with Gasteiger partial charge in [0.05, 0.1) is 24.4 Å². The number of amides is 1. The molecule has 0 aliphatic carbocycles. The third-order valence-electron chi connectivity index (χ3n) is 5.01. The van der Waals surface area contributed by atoms with Gasteiger partial charge in [0.1, 0.15) is 19.0 Å². The number of pyridine rings is 1. The number of benzene rings is 2. The fourth-order valence-corrected chi connectivity index (χ4v) is 3.35. The molecule has 4 rings (SSSR count). The van der Waals surface area contributed by atoms with Gasteiger partial charge in [0, 0.05) is 24.0 Å². The topological polar surface area (TPSA) is 60.9 Å². The van der Waals surface area contributed by atoms with Crippen LogP contribution in [-0.4, -0.2) is 42.3 Å². The molecule has 0 N–H and O–H groups in total. The van der Waals surface area contributed by atoms with Gasteiger partial charge in [0.25, 0.3) is 0 Å². The van der Waals surface area contributed by atoms with Crippen LogP contribution in [-0.2, 0) is 22.7 Å². The molecule has 6 nitrogen and oxygen atoms in total. The maximum atomic E-state index is 12.3. The maximum Gasteiger partial charge on any atom is 0.410 e. The number of nitrogens with zero attached hydrogens (tertiary/aromatic N) is 2. The Morgan fingerprint density at radius 3 is 2.55 bits per heavy atom. The Kier molecular flexibility index (Phi) is 5.91. The largest absolute Gasteiger partial charge is 0.488 e. The van der Waals surface area contributed by atoms with Gasteiger partial charge in [-0.15, -0.1) is 0 Å². The van der Waals surface area contributed by atoms with E-state index in [9.17, 15) is 4.79 Å². The van der Waals surface area contributed by atoms with Gasteiger partial charge in [0.15, 0.2) is 0 Å². The number of hydrogen-bond donors (Lipinski definition) is 0. The fourth-order valence-electron chi connectivity index (χ4n) is 3.35. The van der Waals surface area contributed by atoms with E-state index in [-0.39, 0.29) is 12.7 Å². The van der Waals surface area contributed by atoms with E-state index in [1.54, 1.807) is 4.90 Å². The molecule has 2 aromatic carbocycles. The lowest BCUT2D eigenvalue weighted by Crippen LogP contribution is -2.40. The van der Waals surface area contributed by atoms with E-state index in [0.717, 1.165) is 27.8 Å². The van der Waals surface area contributed by atoms with Gasteiger partial charge >= 0.3 is 6.09 Å². The van der Waals surface area contributed by atoms with Crippen LogP contribution in [0.2, 0.25) is 0 Å². The van der Waals surface area contributed by atoms with Crippen LogP contribution < -0.4 is 4.74 Å². The van der Waals surface area contributed by atoms with E-state index in [2.05, 4.69) is 0 Å². The molecule has 1 amide bonds. The van der Waals surface area contributed by atoms with E-state index >= 15 is 0 Å². The maximum absolute atomic E-state index is 12.3. The van der Waals surface area contributed by atoms with E-state index in [0.29, 0.717) is 38.6 Å². The van der Waals surface area contributed by atoms with Crippen molar-refractivity contribution in [2.75, 3.05) is 26.3 Å². The van der Waals surface area contributed by atoms with E-state index < -0.39 is 0 Å². The number of para-hydroxylation sites is 1. The number of carbonyl (C=O) groups is 1. The second-order valence-electron chi connectivity index (χ2n) is 6.96. The highest BCUT2D eigenvalue weighted by Gasteiger charge is 2.20. The third-order valence-corrected chi connectivity index (χ3v) is 5.01. The van der Waals surface area contributed by atoms with Crippen LogP contribution in [0.4, 0.5) is 4.79 Å². The Morgan fingerprint density at radius 2 is 1.76 bits per heavy atom. The minimum absolute atomic E-state index is 0.106. The average molecular weight is 392 g/mol. The number of ether oxygens (including phenoxy) is 3. The number of aromatic nitrogens is 1. The van der Waals surface area contributed by atoms with Crippen molar-refractivity contribution < 1.29 is 19.0 Å². The summed E-state index contributed by atoms with van der Waals surface area (Å²) in [6.07, 6.45) is -0.339. The van der Waals surface area contributed by atoms with Gasteiger partial charge in [-0.05, 0) is 24.6 Å². The molecule has 1 aliphatic heterocycles. The lowest BCUT2D eigenvalue weighted by atomic mass is 10.1. The molecule has 0 bridgehead atoms. The molecule has 0 radical (unpaired) electrons. The van der Waals surface area contributed by atoms with Crippen LogP contribution in [0, 0.1) is 6.92 Å². The summed E-state index contributed by atoms with van der Waals surface area (Å²) in [6, 6.07) is 17.9. The second kappa shape index (κ2) is 8.92. The molecule has 0 spiro atoms. The smallest absolute Gasteiger partial charge is 0.410 e. The van der Waals surface area contributed by atoms with Gasteiger partial charge < -0.3 is 19.1 Å². The molecule has 2 heterocycles. The molecule has 0 unspecified atom stereocenters. The molecule has 3 aromatic rings. The summed E-state index contributed by atoms with van der Waals surface area (Å²) in [7, 11) is 0. The normalized spacial score (nSPS) is 14.0. The van der Waals surface area contributed by atoms with Crippen LogP contribution in [0.15, 0.2) is 54.6 Å². The van der Waals surface area contributed by atoms with E-state index in [4.69, 9.17) is 19.2 Å². The van der Waals surface area contributed by atoms with Crippen molar-refractivity contribution in [2.24, 2.45) is 0 Å². The SMILES string of the molecule is Cc1c(COC(=O)N2CCOCC2)nc2ccccc2c1OCc1ccccc1. The molecule has 0 atom stereocenters. The molecular weight excluding hydrogens is 368 g/mol. The summed E-state index contributed by atoms with van der Waals surface area (Å²) in [6.45, 7) is 4.71. The number of morpholine rings is 1. The molecular formula is C23H24N2O4. The summed E-state index contributed by atoms with van der Waals surface area (Å²) >= 11 is 0. The molecule has 1 aromatic heterocycles. The van der Waals surface area contributed by atoms with Crippen LogP contribution in [0.25, 0.3) is 10.9 Å². The number of fused-ring (bicyclic) bond motifs is 1. The lowest BCUT2D eigenvalue weighted by Gasteiger charge is -2.26. The zero-order chi connectivity index (χ0) is 20.1. The van der Waals surface area contributed by atoms with Crippen LogP contribution >= 0.6 is 0 Å². The summed E-state index contributed by atoms with van der Waals surface area (Å²) in [5, 5.41) is 0.948. The van der Waals surface area contributed by atoms with E-state index in [1.165, 1.54) is 0 Å². The van der Waals surface area contributed by atoms with Gasteiger partial charge in [-0.25, -0.2) is 9.78 Å². The summed E-state index contributed by atoms with van der Waals surface area (Å²) < 4.78 is 17.0. The van der Waals surface area contributed by atoms with E-state index in [1.807, 2.05) is 61.5 Å². The molecule has 150 valence electrons. The molecule has 1 aliphatic rings. The Hall–Kier alpha value is -3.12.